The molecule has 0 saturated carbocycles. The van der Waals surface area contributed by atoms with Crippen LogP contribution in [-0.2, 0) is 0 Å². The number of aromatic nitrogens is 1. The van der Waals surface area contributed by atoms with E-state index in [1.807, 2.05) is 18.2 Å². The molecule has 0 bridgehead atoms. The van der Waals surface area contributed by atoms with Gasteiger partial charge < -0.3 is 0 Å². The molecule has 0 aliphatic heterocycles. The molecule has 58 valence electrons. The van der Waals surface area contributed by atoms with Crippen LogP contribution >= 0.6 is 22.6 Å². The van der Waals surface area contributed by atoms with Crippen molar-refractivity contribution in [2.45, 2.75) is 11.0 Å². The van der Waals surface area contributed by atoms with E-state index in [-0.39, 0.29) is 0 Å². The molecule has 0 fully saturated rings. The fourth-order valence-corrected chi connectivity index (χ4v) is 1.47. The standard InChI is InChI=1S/C9H11IN/c1-3-9-6-4-5-7-11(9)8(2)10/h3-8H,1H2,2H3/q+1. The van der Waals surface area contributed by atoms with E-state index in [0.717, 1.165) is 5.69 Å². The molecule has 1 heterocycles. The van der Waals surface area contributed by atoms with Crippen molar-refractivity contribution in [1.29, 1.82) is 0 Å². The highest BCUT2D eigenvalue weighted by molar-refractivity contribution is 14.1. The van der Waals surface area contributed by atoms with E-state index >= 15 is 0 Å². The zero-order valence-corrected chi connectivity index (χ0v) is 8.65. The van der Waals surface area contributed by atoms with Gasteiger partial charge in [-0.15, -0.1) is 0 Å². The minimum Gasteiger partial charge on any atom is -0.187 e. The minimum atomic E-state index is 0.474. The van der Waals surface area contributed by atoms with Crippen LogP contribution in [0.3, 0.4) is 0 Å². The summed E-state index contributed by atoms with van der Waals surface area (Å²) in [5.74, 6) is 0. The maximum absolute atomic E-state index is 3.75. The van der Waals surface area contributed by atoms with Crippen LogP contribution in [0.25, 0.3) is 6.08 Å². The number of hydrogen-bond acceptors (Lipinski definition) is 0. The highest BCUT2D eigenvalue weighted by Gasteiger charge is 2.10. The van der Waals surface area contributed by atoms with Gasteiger partial charge in [-0.1, -0.05) is 6.58 Å². The van der Waals surface area contributed by atoms with Gasteiger partial charge in [0.1, 0.15) is 0 Å². The third kappa shape index (κ3) is 2.02. The molecule has 0 aliphatic rings. The Kier molecular flexibility index (Phi) is 3.05. The van der Waals surface area contributed by atoms with Crippen LogP contribution in [0.1, 0.15) is 16.7 Å². The number of pyridine rings is 1. The summed E-state index contributed by atoms with van der Waals surface area (Å²) in [6.07, 6.45) is 3.93. The summed E-state index contributed by atoms with van der Waals surface area (Å²) < 4.78 is 2.65. The second-order valence-electron chi connectivity index (χ2n) is 2.31. The van der Waals surface area contributed by atoms with Gasteiger partial charge in [0.2, 0.25) is 9.74 Å². The third-order valence-corrected chi connectivity index (χ3v) is 2.12. The molecule has 1 aromatic heterocycles. The van der Waals surface area contributed by atoms with Gasteiger partial charge in [0.25, 0.3) is 0 Å². The van der Waals surface area contributed by atoms with E-state index in [2.05, 4.69) is 52.9 Å². The van der Waals surface area contributed by atoms with Crippen LogP contribution in [0, 0.1) is 0 Å². The van der Waals surface area contributed by atoms with Crippen molar-refractivity contribution in [3.8, 4) is 0 Å². The van der Waals surface area contributed by atoms with Gasteiger partial charge in [0.05, 0.1) is 0 Å². The smallest absolute Gasteiger partial charge is 0.187 e. The first-order valence-electron chi connectivity index (χ1n) is 3.52. The molecule has 1 unspecified atom stereocenters. The van der Waals surface area contributed by atoms with Gasteiger partial charge in [-0.05, 0) is 28.7 Å². The molecule has 2 heteroatoms. The molecule has 1 rings (SSSR count). The van der Waals surface area contributed by atoms with Crippen molar-refractivity contribution in [3.63, 3.8) is 0 Å². The highest BCUT2D eigenvalue weighted by atomic mass is 127. The van der Waals surface area contributed by atoms with Crippen LogP contribution in [0.2, 0.25) is 0 Å². The van der Waals surface area contributed by atoms with Gasteiger partial charge >= 0.3 is 0 Å². The predicted octanol–water partition coefficient (Wildman–Crippen LogP) is 2.57. The lowest BCUT2D eigenvalue weighted by molar-refractivity contribution is -0.692. The zero-order chi connectivity index (χ0) is 8.27. The average molecular weight is 260 g/mol. The fourth-order valence-electron chi connectivity index (χ4n) is 0.966. The Morgan fingerprint density at radius 2 is 2.36 bits per heavy atom. The SMILES string of the molecule is C=Cc1cccc[n+]1C(C)I. The topological polar surface area (TPSA) is 3.88 Å². The molecule has 0 saturated heterocycles. The summed E-state index contributed by atoms with van der Waals surface area (Å²) in [4.78, 5) is 0. The van der Waals surface area contributed by atoms with Crippen LogP contribution < -0.4 is 4.57 Å². The van der Waals surface area contributed by atoms with E-state index in [9.17, 15) is 0 Å². The Morgan fingerprint density at radius 3 is 2.82 bits per heavy atom. The summed E-state index contributed by atoms with van der Waals surface area (Å²) in [6.45, 7) is 5.90. The number of alkyl halides is 1. The van der Waals surface area contributed by atoms with Gasteiger partial charge in [-0.25, -0.2) is 0 Å². The van der Waals surface area contributed by atoms with Crippen molar-refractivity contribution >= 4 is 28.7 Å². The van der Waals surface area contributed by atoms with Gasteiger partial charge in [0, 0.05) is 25.1 Å². The summed E-state index contributed by atoms with van der Waals surface area (Å²) in [7, 11) is 0. The van der Waals surface area contributed by atoms with Crippen LogP contribution in [0.5, 0.6) is 0 Å². The first-order valence-corrected chi connectivity index (χ1v) is 4.77. The molecule has 11 heavy (non-hydrogen) atoms. The minimum absolute atomic E-state index is 0.474. The molecule has 1 atom stereocenters. The van der Waals surface area contributed by atoms with Crippen LogP contribution in [0.15, 0.2) is 31.0 Å². The Morgan fingerprint density at radius 1 is 1.64 bits per heavy atom. The number of hydrogen-bond donors (Lipinski definition) is 0. The van der Waals surface area contributed by atoms with Crippen molar-refractivity contribution in [3.05, 3.63) is 36.7 Å². The molecule has 0 radical (unpaired) electrons. The quantitative estimate of drug-likeness (QED) is 0.437. The number of halogens is 1. The first kappa shape index (κ1) is 8.71. The van der Waals surface area contributed by atoms with E-state index in [4.69, 9.17) is 0 Å². The molecule has 0 spiro atoms. The number of rotatable bonds is 2. The molecule has 1 nitrogen and oxygen atoms in total. The van der Waals surface area contributed by atoms with Crippen molar-refractivity contribution < 1.29 is 4.57 Å². The van der Waals surface area contributed by atoms with Crippen molar-refractivity contribution in [1.82, 2.24) is 0 Å². The average Bonchev–Trinajstić information content (AvgIpc) is 2.04. The second-order valence-corrected chi connectivity index (χ2v) is 4.11. The Labute approximate surface area is 80.9 Å². The molecular weight excluding hydrogens is 249 g/mol. The zero-order valence-electron chi connectivity index (χ0n) is 6.50. The molecule has 1 aromatic rings. The maximum Gasteiger partial charge on any atom is 0.205 e. The second kappa shape index (κ2) is 3.85. The molecule has 0 aliphatic carbocycles. The molecular formula is C9H11IN+. The van der Waals surface area contributed by atoms with E-state index < -0.39 is 0 Å². The Hall–Kier alpha value is -0.380. The predicted molar refractivity (Wildman–Crippen MR) is 55.5 cm³/mol. The normalized spacial score (nSPS) is 12.5. The summed E-state index contributed by atoms with van der Waals surface area (Å²) in [5, 5.41) is 0. The largest absolute Gasteiger partial charge is 0.205 e. The highest BCUT2D eigenvalue weighted by Crippen LogP contribution is 2.06. The monoisotopic (exact) mass is 260 g/mol. The number of nitrogens with zero attached hydrogens (tertiary/aromatic N) is 1. The molecule has 0 amide bonds. The van der Waals surface area contributed by atoms with Crippen molar-refractivity contribution in [2.24, 2.45) is 0 Å². The van der Waals surface area contributed by atoms with Gasteiger partial charge in [-0.2, -0.15) is 4.57 Å². The lowest BCUT2D eigenvalue weighted by Crippen LogP contribution is -2.36. The van der Waals surface area contributed by atoms with Crippen molar-refractivity contribution in [2.75, 3.05) is 0 Å². The fraction of sp³-hybridized carbons (Fsp3) is 0.222. The van der Waals surface area contributed by atoms with Crippen LogP contribution in [-0.4, -0.2) is 0 Å². The lowest BCUT2D eigenvalue weighted by Gasteiger charge is -2.00. The van der Waals surface area contributed by atoms with E-state index in [1.165, 1.54) is 0 Å². The molecule has 0 N–H and O–H groups in total. The van der Waals surface area contributed by atoms with E-state index in [1.54, 1.807) is 0 Å². The lowest BCUT2D eigenvalue weighted by atomic mass is 10.3. The van der Waals surface area contributed by atoms with Gasteiger partial charge in [-0.3, -0.25) is 0 Å². The maximum atomic E-state index is 3.75. The van der Waals surface area contributed by atoms with Crippen LogP contribution in [0.4, 0.5) is 0 Å². The Bertz CT molecular complexity index is 255. The van der Waals surface area contributed by atoms with E-state index in [0.29, 0.717) is 4.05 Å². The van der Waals surface area contributed by atoms with Gasteiger partial charge in [0.15, 0.2) is 6.20 Å². The summed E-state index contributed by atoms with van der Waals surface area (Å²) >= 11 is 2.37. The third-order valence-electron chi connectivity index (χ3n) is 1.52. The summed E-state index contributed by atoms with van der Waals surface area (Å²) in [5.41, 5.74) is 1.16. The molecule has 0 aromatic carbocycles. The first-order chi connectivity index (χ1) is 5.25. The summed E-state index contributed by atoms with van der Waals surface area (Å²) in [6, 6.07) is 6.11. The Balaban J connectivity index is 3.12.